The number of carbonyl (C=O) groups excluding carboxylic acids is 2. The minimum absolute atomic E-state index is 0.0370. The fourth-order valence-corrected chi connectivity index (χ4v) is 1.52. The molecule has 0 saturated heterocycles. The van der Waals surface area contributed by atoms with Crippen LogP contribution >= 0.6 is 0 Å². The SMILES string of the molecule is C/C=C(/C(=O)COCc1ccccc1)C(=O)OCC.CC. The van der Waals surface area contributed by atoms with E-state index < -0.39 is 5.97 Å². The highest BCUT2D eigenvalue weighted by Gasteiger charge is 2.18. The van der Waals surface area contributed by atoms with E-state index in [0.29, 0.717) is 6.61 Å². The lowest BCUT2D eigenvalue weighted by molar-refractivity contribution is -0.140. The highest BCUT2D eigenvalue weighted by molar-refractivity contribution is 6.17. The third kappa shape index (κ3) is 7.42. The summed E-state index contributed by atoms with van der Waals surface area (Å²) in [6, 6.07) is 9.53. The van der Waals surface area contributed by atoms with Crippen molar-refractivity contribution in [2.24, 2.45) is 0 Å². The molecule has 1 aromatic carbocycles. The number of allylic oxidation sites excluding steroid dienone is 1. The van der Waals surface area contributed by atoms with Gasteiger partial charge in [-0.05, 0) is 19.4 Å². The predicted octanol–water partition coefficient (Wildman–Crippen LogP) is 3.31. The Bertz CT molecular complexity index is 449. The van der Waals surface area contributed by atoms with Crippen molar-refractivity contribution in [1.82, 2.24) is 0 Å². The quantitative estimate of drug-likeness (QED) is 0.335. The normalized spacial score (nSPS) is 10.4. The molecule has 21 heavy (non-hydrogen) atoms. The van der Waals surface area contributed by atoms with Crippen molar-refractivity contribution in [1.29, 1.82) is 0 Å². The van der Waals surface area contributed by atoms with Crippen molar-refractivity contribution in [3.05, 3.63) is 47.5 Å². The summed E-state index contributed by atoms with van der Waals surface area (Å²) in [7, 11) is 0. The number of benzene rings is 1. The first-order valence-corrected chi connectivity index (χ1v) is 7.17. The number of Topliss-reactive ketones (excluding diaryl/α,β-unsaturated/α-hetero) is 1. The second kappa shape index (κ2) is 11.9. The summed E-state index contributed by atoms with van der Waals surface area (Å²) in [4.78, 5) is 23.3. The molecule has 1 rings (SSSR count). The van der Waals surface area contributed by atoms with Gasteiger partial charge < -0.3 is 9.47 Å². The largest absolute Gasteiger partial charge is 0.462 e. The molecule has 0 aromatic heterocycles. The number of carbonyl (C=O) groups is 2. The van der Waals surface area contributed by atoms with Gasteiger partial charge in [0.25, 0.3) is 0 Å². The van der Waals surface area contributed by atoms with Crippen LogP contribution in [0.25, 0.3) is 0 Å². The molecule has 116 valence electrons. The van der Waals surface area contributed by atoms with Gasteiger partial charge in [-0.15, -0.1) is 0 Å². The van der Waals surface area contributed by atoms with Crippen molar-refractivity contribution < 1.29 is 19.1 Å². The average Bonchev–Trinajstić information content (AvgIpc) is 2.51. The Morgan fingerprint density at radius 3 is 2.29 bits per heavy atom. The molecule has 0 atom stereocenters. The Hall–Kier alpha value is -1.94. The predicted molar refractivity (Wildman–Crippen MR) is 82.8 cm³/mol. The molecular weight excluding hydrogens is 268 g/mol. The van der Waals surface area contributed by atoms with E-state index in [-0.39, 0.29) is 24.6 Å². The van der Waals surface area contributed by atoms with Gasteiger partial charge in [-0.3, -0.25) is 4.79 Å². The van der Waals surface area contributed by atoms with Gasteiger partial charge in [0.15, 0.2) is 5.78 Å². The number of ether oxygens (including phenoxy) is 2. The van der Waals surface area contributed by atoms with E-state index in [9.17, 15) is 9.59 Å². The summed E-state index contributed by atoms with van der Waals surface area (Å²) in [6.45, 7) is 7.77. The van der Waals surface area contributed by atoms with Gasteiger partial charge in [0.2, 0.25) is 0 Å². The van der Waals surface area contributed by atoms with Crippen molar-refractivity contribution in [2.75, 3.05) is 13.2 Å². The van der Waals surface area contributed by atoms with E-state index in [2.05, 4.69) is 0 Å². The maximum Gasteiger partial charge on any atom is 0.341 e. The first kappa shape index (κ1) is 19.1. The molecule has 0 aliphatic carbocycles. The Balaban J connectivity index is 0.00000191. The summed E-state index contributed by atoms with van der Waals surface area (Å²) >= 11 is 0. The van der Waals surface area contributed by atoms with Crippen molar-refractivity contribution in [2.45, 2.75) is 34.3 Å². The van der Waals surface area contributed by atoms with Gasteiger partial charge in [0, 0.05) is 0 Å². The van der Waals surface area contributed by atoms with Gasteiger partial charge in [0.05, 0.1) is 13.2 Å². The lowest BCUT2D eigenvalue weighted by atomic mass is 10.1. The second-order valence-corrected chi connectivity index (χ2v) is 3.82. The maximum atomic E-state index is 11.8. The summed E-state index contributed by atoms with van der Waals surface area (Å²) < 4.78 is 10.1. The van der Waals surface area contributed by atoms with Crippen LogP contribution in [-0.4, -0.2) is 25.0 Å². The summed E-state index contributed by atoms with van der Waals surface area (Å²) in [5.74, 6) is -0.963. The van der Waals surface area contributed by atoms with E-state index in [0.717, 1.165) is 5.56 Å². The highest BCUT2D eigenvalue weighted by atomic mass is 16.5. The van der Waals surface area contributed by atoms with E-state index in [1.807, 2.05) is 44.2 Å². The zero-order valence-electron chi connectivity index (χ0n) is 13.2. The number of rotatable bonds is 7. The van der Waals surface area contributed by atoms with E-state index in [4.69, 9.17) is 9.47 Å². The molecule has 0 unspecified atom stereocenters. The minimum atomic E-state index is -0.599. The number of hydrogen-bond acceptors (Lipinski definition) is 4. The van der Waals surface area contributed by atoms with Crippen LogP contribution in [-0.2, 0) is 25.7 Å². The second-order valence-electron chi connectivity index (χ2n) is 3.82. The molecule has 0 amide bonds. The lowest BCUT2D eigenvalue weighted by Crippen LogP contribution is -2.20. The molecule has 0 fully saturated rings. The van der Waals surface area contributed by atoms with Crippen LogP contribution in [0.5, 0.6) is 0 Å². The smallest absolute Gasteiger partial charge is 0.341 e. The average molecular weight is 292 g/mol. The van der Waals surface area contributed by atoms with Gasteiger partial charge in [-0.1, -0.05) is 50.3 Å². The van der Waals surface area contributed by atoms with Crippen molar-refractivity contribution in [3.8, 4) is 0 Å². The Kier molecular flexibility index (Phi) is 10.8. The Morgan fingerprint density at radius 1 is 1.14 bits per heavy atom. The highest BCUT2D eigenvalue weighted by Crippen LogP contribution is 2.04. The van der Waals surface area contributed by atoms with Crippen LogP contribution < -0.4 is 0 Å². The molecule has 0 bridgehead atoms. The molecule has 0 radical (unpaired) electrons. The van der Waals surface area contributed by atoms with E-state index in [1.54, 1.807) is 13.8 Å². The molecule has 0 aliphatic rings. The summed E-state index contributed by atoms with van der Waals surface area (Å²) in [5, 5.41) is 0. The Labute approximate surface area is 126 Å². The molecular formula is C17H24O4. The van der Waals surface area contributed by atoms with Crippen LogP contribution in [0.3, 0.4) is 0 Å². The van der Waals surface area contributed by atoms with Crippen LogP contribution in [0, 0.1) is 0 Å². The fourth-order valence-electron chi connectivity index (χ4n) is 1.52. The molecule has 1 aromatic rings. The molecule has 0 saturated carbocycles. The van der Waals surface area contributed by atoms with Gasteiger partial charge in [-0.25, -0.2) is 4.79 Å². The third-order valence-electron chi connectivity index (χ3n) is 2.43. The van der Waals surface area contributed by atoms with Crippen molar-refractivity contribution >= 4 is 11.8 Å². The monoisotopic (exact) mass is 292 g/mol. The van der Waals surface area contributed by atoms with E-state index in [1.165, 1.54) is 6.08 Å². The summed E-state index contributed by atoms with van der Waals surface area (Å²) in [6.07, 6.45) is 1.45. The standard InChI is InChI=1S/C15H18O4.C2H6/c1-3-13(15(17)19-4-2)14(16)11-18-10-12-8-6-5-7-9-12;1-2/h3,5-9H,4,10-11H2,1-2H3;1-2H3/b13-3-;. The number of ketones is 1. The molecule has 0 N–H and O–H groups in total. The zero-order chi connectivity index (χ0) is 16.1. The number of esters is 1. The molecule has 0 aliphatic heterocycles. The maximum absolute atomic E-state index is 11.8. The van der Waals surface area contributed by atoms with Crippen LogP contribution in [0.15, 0.2) is 42.0 Å². The van der Waals surface area contributed by atoms with Crippen LogP contribution in [0.2, 0.25) is 0 Å². The Morgan fingerprint density at radius 2 is 1.76 bits per heavy atom. The first-order valence-electron chi connectivity index (χ1n) is 7.17. The fraction of sp³-hybridized carbons (Fsp3) is 0.412. The molecule has 4 heteroatoms. The zero-order valence-corrected chi connectivity index (χ0v) is 13.2. The minimum Gasteiger partial charge on any atom is -0.462 e. The van der Waals surface area contributed by atoms with Gasteiger partial charge >= 0.3 is 5.97 Å². The first-order chi connectivity index (χ1) is 10.2. The molecule has 0 heterocycles. The van der Waals surface area contributed by atoms with E-state index >= 15 is 0 Å². The third-order valence-corrected chi connectivity index (χ3v) is 2.43. The number of hydrogen-bond donors (Lipinski definition) is 0. The topological polar surface area (TPSA) is 52.6 Å². The van der Waals surface area contributed by atoms with Gasteiger partial charge in [-0.2, -0.15) is 0 Å². The summed E-state index contributed by atoms with van der Waals surface area (Å²) in [5.41, 5.74) is 1.02. The molecule has 0 spiro atoms. The van der Waals surface area contributed by atoms with Crippen LogP contribution in [0.1, 0.15) is 33.3 Å². The van der Waals surface area contributed by atoms with Crippen LogP contribution in [0.4, 0.5) is 0 Å². The lowest BCUT2D eigenvalue weighted by Gasteiger charge is -2.06. The molecule has 4 nitrogen and oxygen atoms in total. The van der Waals surface area contributed by atoms with Gasteiger partial charge in [0.1, 0.15) is 12.2 Å². The van der Waals surface area contributed by atoms with Crippen molar-refractivity contribution in [3.63, 3.8) is 0 Å².